The maximum atomic E-state index is 13.6. The van der Waals surface area contributed by atoms with E-state index in [0.29, 0.717) is 53.2 Å². The lowest BCUT2D eigenvalue weighted by Crippen LogP contribution is -2.54. The number of aryl methyl sites for hydroxylation is 2. The topological polar surface area (TPSA) is 102 Å². The Kier molecular flexibility index (Phi) is 6.77. The van der Waals surface area contributed by atoms with Gasteiger partial charge in [-0.3, -0.25) is 4.79 Å². The molecule has 2 fully saturated rings. The predicted molar refractivity (Wildman–Crippen MR) is 129 cm³/mol. The van der Waals surface area contributed by atoms with Crippen LogP contribution < -0.4 is 9.64 Å². The second-order valence-electron chi connectivity index (χ2n) is 9.34. The molecule has 0 bridgehead atoms. The number of hydrogen-bond donors (Lipinski definition) is 0. The zero-order chi connectivity index (χ0) is 26.3. The zero-order valence-electron chi connectivity index (χ0n) is 20.7. The third kappa shape index (κ3) is 5.38. The highest BCUT2D eigenvalue weighted by Gasteiger charge is 2.38. The molecule has 1 unspecified atom stereocenters. The normalized spacial score (nSPS) is 18.7. The van der Waals surface area contributed by atoms with Crippen LogP contribution >= 0.6 is 11.3 Å². The molecule has 14 heteroatoms. The van der Waals surface area contributed by atoms with E-state index in [-0.39, 0.29) is 36.3 Å². The molecule has 10 nitrogen and oxygen atoms in total. The van der Waals surface area contributed by atoms with Gasteiger partial charge in [-0.05, 0) is 40.0 Å². The Balaban J connectivity index is 1.34. The van der Waals surface area contributed by atoms with Gasteiger partial charge in [0.2, 0.25) is 10.9 Å². The molecule has 2 aliphatic rings. The van der Waals surface area contributed by atoms with Crippen molar-refractivity contribution in [2.24, 2.45) is 0 Å². The quantitative estimate of drug-likeness (QED) is 0.472. The molecule has 5 rings (SSSR count). The summed E-state index contributed by atoms with van der Waals surface area (Å²) in [6, 6.07) is -0.0233. The summed E-state index contributed by atoms with van der Waals surface area (Å²) in [7, 11) is 0. The average Bonchev–Trinajstić information content (AvgIpc) is 3.40. The molecule has 0 aromatic carbocycles. The van der Waals surface area contributed by atoms with Crippen molar-refractivity contribution in [1.82, 2.24) is 34.6 Å². The molecular weight excluding hydrogens is 509 g/mol. The standard InChI is InChI=1S/C23H27F3N8O2S/c1-13-11-32(7-8-33(13)18(35)12-34-15(3)29-14(2)31-34)20-19(30-21(37-20)23(24,25)26)16-9-27-22(28-10-16)36-17-5-4-6-17/h9-10,13,17H,4-8,11-12H2,1-3H3. The van der Waals surface area contributed by atoms with Crippen LogP contribution in [0.5, 0.6) is 6.01 Å². The Labute approximate surface area is 215 Å². The molecule has 1 saturated heterocycles. The van der Waals surface area contributed by atoms with Crippen molar-refractivity contribution < 1.29 is 22.7 Å². The number of ether oxygens (including phenoxy) is 1. The number of amides is 1. The fourth-order valence-electron chi connectivity index (χ4n) is 4.42. The Hall–Kier alpha value is -3.29. The van der Waals surface area contributed by atoms with Gasteiger partial charge < -0.3 is 14.5 Å². The molecule has 0 radical (unpaired) electrons. The van der Waals surface area contributed by atoms with Crippen LogP contribution in [-0.2, 0) is 17.5 Å². The minimum absolute atomic E-state index is 0.0632. The van der Waals surface area contributed by atoms with E-state index in [2.05, 4.69) is 25.0 Å². The van der Waals surface area contributed by atoms with E-state index < -0.39 is 11.2 Å². The number of alkyl halides is 3. The molecule has 1 amide bonds. The first-order chi connectivity index (χ1) is 17.6. The van der Waals surface area contributed by atoms with Gasteiger partial charge in [0.1, 0.15) is 35.0 Å². The van der Waals surface area contributed by atoms with Crippen LogP contribution in [0, 0.1) is 13.8 Å². The average molecular weight is 537 g/mol. The zero-order valence-corrected chi connectivity index (χ0v) is 21.5. The van der Waals surface area contributed by atoms with Crippen molar-refractivity contribution in [3.05, 3.63) is 29.1 Å². The molecule has 37 heavy (non-hydrogen) atoms. The molecular formula is C23H27F3N8O2S. The first-order valence-corrected chi connectivity index (χ1v) is 12.9. The van der Waals surface area contributed by atoms with Crippen LogP contribution in [0.25, 0.3) is 11.3 Å². The van der Waals surface area contributed by atoms with Gasteiger partial charge in [0.25, 0.3) is 0 Å². The summed E-state index contributed by atoms with van der Waals surface area (Å²) in [5.41, 5.74) is 0.555. The van der Waals surface area contributed by atoms with Crippen LogP contribution in [0.3, 0.4) is 0 Å². The van der Waals surface area contributed by atoms with E-state index in [4.69, 9.17) is 4.74 Å². The number of carbonyl (C=O) groups excluding carboxylic acids is 1. The highest BCUT2D eigenvalue weighted by Crippen LogP contribution is 2.43. The second kappa shape index (κ2) is 9.88. The molecule has 3 aromatic rings. The third-order valence-electron chi connectivity index (χ3n) is 6.56. The van der Waals surface area contributed by atoms with Crippen LogP contribution in [-0.4, -0.2) is 72.3 Å². The van der Waals surface area contributed by atoms with Crippen LogP contribution in [0.4, 0.5) is 18.2 Å². The van der Waals surface area contributed by atoms with E-state index in [1.54, 1.807) is 23.4 Å². The molecule has 1 atom stereocenters. The molecule has 198 valence electrons. The van der Waals surface area contributed by atoms with Gasteiger partial charge in [0.15, 0.2) is 0 Å². The lowest BCUT2D eigenvalue weighted by Gasteiger charge is -2.40. The number of halogens is 3. The molecule has 3 aromatic heterocycles. The van der Waals surface area contributed by atoms with Crippen molar-refractivity contribution in [3.63, 3.8) is 0 Å². The first-order valence-electron chi connectivity index (χ1n) is 12.1. The van der Waals surface area contributed by atoms with Crippen molar-refractivity contribution in [2.45, 2.75) is 64.9 Å². The summed E-state index contributed by atoms with van der Waals surface area (Å²) in [4.78, 5) is 33.1. The summed E-state index contributed by atoms with van der Waals surface area (Å²) in [6.45, 7) is 6.57. The maximum Gasteiger partial charge on any atom is 0.443 e. The highest BCUT2D eigenvalue weighted by atomic mass is 32.1. The predicted octanol–water partition coefficient (Wildman–Crippen LogP) is 3.50. The Morgan fingerprint density at radius 3 is 2.46 bits per heavy atom. The van der Waals surface area contributed by atoms with Gasteiger partial charge in [0.05, 0.1) is 0 Å². The Morgan fingerprint density at radius 2 is 1.89 bits per heavy atom. The molecule has 1 aliphatic heterocycles. The van der Waals surface area contributed by atoms with E-state index >= 15 is 0 Å². The lowest BCUT2D eigenvalue weighted by molar-refractivity contribution is -0.137. The Bertz CT molecular complexity index is 1270. The van der Waals surface area contributed by atoms with Gasteiger partial charge in [-0.1, -0.05) is 11.3 Å². The minimum Gasteiger partial charge on any atom is -0.460 e. The first kappa shape index (κ1) is 25.4. The monoisotopic (exact) mass is 536 g/mol. The van der Waals surface area contributed by atoms with E-state index in [1.807, 2.05) is 11.8 Å². The van der Waals surface area contributed by atoms with Crippen LogP contribution in [0.1, 0.15) is 42.8 Å². The fraction of sp³-hybridized carbons (Fsp3) is 0.565. The van der Waals surface area contributed by atoms with E-state index in [0.717, 1.165) is 19.3 Å². The summed E-state index contributed by atoms with van der Waals surface area (Å²) in [5, 5.41) is 3.69. The maximum absolute atomic E-state index is 13.6. The van der Waals surface area contributed by atoms with Gasteiger partial charge >= 0.3 is 12.2 Å². The number of anilines is 1. The van der Waals surface area contributed by atoms with Crippen molar-refractivity contribution in [3.8, 4) is 17.3 Å². The minimum atomic E-state index is -4.58. The Morgan fingerprint density at radius 1 is 1.16 bits per heavy atom. The molecule has 1 aliphatic carbocycles. The highest BCUT2D eigenvalue weighted by molar-refractivity contribution is 7.16. The number of aromatic nitrogens is 6. The molecule has 0 spiro atoms. The SMILES string of the molecule is Cc1nc(C)n(CC(=O)N2CCN(c3sc(C(F)(F)F)nc3-c3cnc(OC4CCC4)nc3)CC2C)n1. The van der Waals surface area contributed by atoms with E-state index in [9.17, 15) is 18.0 Å². The van der Waals surface area contributed by atoms with Gasteiger partial charge in [0, 0.05) is 43.6 Å². The van der Waals surface area contributed by atoms with Crippen molar-refractivity contribution in [2.75, 3.05) is 24.5 Å². The molecule has 0 N–H and O–H groups in total. The number of nitrogens with zero attached hydrogens (tertiary/aromatic N) is 8. The number of piperazine rings is 1. The summed E-state index contributed by atoms with van der Waals surface area (Å²) >= 11 is 0.592. The van der Waals surface area contributed by atoms with Crippen molar-refractivity contribution >= 4 is 22.2 Å². The van der Waals surface area contributed by atoms with Crippen LogP contribution in [0.2, 0.25) is 0 Å². The molecule has 4 heterocycles. The number of carbonyl (C=O) groups is 1. The van der Waals surface area contributed by atoms with Crippen LogP contribution in [0.15, 0.2) is 12.4 Å². The van der Waals surface area contributed by atoms with Gasteiger partial charge in [-0.15, -0.1) is 0 Å². The second-order valence-corrected chi connectivity index (χ2v) is 10.3. The lowest BCUT2D eigenvalue weighted by atomic mass is 9.96. The number of thiazole rings is 1. The fourth-order valence-corrected chi connectivity index (χ4v) is 5.41. The van der Waals surface area contributed by atoms with E-state index in [1.165, 1.54) is 12.4 Å². The van der Waals surface area contributed by atoms with Gasteiger partial charge in [-0.25, -0.2) is 24.6 Å². The summed E-state index contributed by atoms with van der Waals surface area (Å²) < 4.78 is 48.1. The van der Waals surface area contributed by atoms with Gasteiger partial charge in [-0.2, -0.15) is 18.3 Å². The summed E-state index contributed by atoms with van der Waals surface area (Å²) in [5.74, 6) is 1.13. The third-order valence-corrected chi connectivity index (χ3v) is 7.72. The summed E-state index contributed by atoms with van der Waals surface area (Å²) in [6.07, 6.45) is 1.40. The van der Waals surface area contributed by atoms with Crippen molar-refractivity contribution in [1.29, 1.82) is 0 Å². The smallest absolute Gasteiger partial charge is 0.443 e. The number of rotatable bonds is 6. The largest absolute Gasteiger partial charge is 0.460 e. The number of hydrogen-bond acceptors (Lipinski definition) is 9. The molecule has 1 saturated carbocycles.